The van der Waals surface area contributed by atoms with Crippen molar-refractivity contribution in [1.82, 2.24) is 0 Å². The number of carbonyl (C=O) groups is 1. The lowest BCUT2D eigenvalue weighted by molar-refractivity contribution is -0.117. The van der Waals surface area contributed by atoms with E-state index in [-0.39, 0.29) is 5.76 Å². The second-order valence-corrected chi connectivity index (χ2v) is 7.51. The van der Waals surface area contributed by atoms with Crippen LogP contribution in [0.15, 0.2) is 83.0 Å². The molecule has 146 valence electrons. The summed E-state index contributed by atoms with van der Waals surface area (Å²) in [6.07, 6.45) is 0. The summed E-state index contributed by atoms with van der Waals surface area (Å²) in [5.74, 6) is -0.579. The number of aliphatic hydroxyl groups excluding tert-OH is 1. The molecule has 0 fully saturated rings. The fourth-order valence-corrected chi connectivity index (χ4v) is 3.76. The molecule has 3 aromatic carbocycles. The van der Waals surface area contributed by atoms with Gasteiger partial charge in [0.25, 0.3) is 5.91 Å². The highest BCUT2D eigenvalue weighted by Gasteiger charge is 2.41. The summed E-state index contributed by atoms with van der Waals surface area (Å²) >= 11 is 3.42. The maximum absolute atomic E-state index is 13.4. The van der Waals surface area contributed by atoms with E-state index in [1.54, 1.807) is 31.4 Å². The van der Waals surface area contributed by atoms with E-state index in [9.17, 15) is 14.3 Å². The summed E-state index contributed by atoms with van der Waals surface area (Å²) in [7, 11) is 1.58. The van der Waals surface area contributed by atoms with Crippen LogP contribution >= 0.6 is 15.9 Å². The highest BCUT2D eigenvalue weighted by atomic mass is 79.9. The second-order valence-electron chi connectivity index (χ2n) is 6.60. The van der Waals surface area contributed by atoms with Crippen LogP contribution in [-0.4, -0.2) is 18.1 Å². The molecule has 1 aliphatic heterocycles. The topological polar surface area (TPSA) is 49.8 Å². The molecule has 1 aliphatic rings. The molecule has 0 aliphatic carbocycles. The number of hydrogen-bond acceptors (Lipinski definition) is 3. The lowest BCUT2D eigenvalue weighted by Crippen LogP contribution is -2.30. The quantitative estimate of drug-likeness (QED) is 0.554. The van der Waals surface area contributed by atoms with Gasteiger partial charge >= 0.3 is 0 Å². The number of ether oxygens (including phenoxy) is 1. The molecular formula is C23H17BrFNO3. The van der Waals surface area contributed by atoms with Crippen molar-refractivity contribution in [3.63, 3.8) is 0 Å². The number of anilines is 1. The summed E-state index contributed by atoms with van der Waals surface area (Å²) < 4.78 is 19.6. The number of aliphatic hydroxyl groups is 1. The lowest BCUT2D eigenvalue weighted by atomic mass is 9.93. The molecule has 29 heavy (non-hydrogen) atoms. The zero-order valence-electron chi connectivity index (χ0n) is 15.5. The van der Waals surface area contributed by atoms with Crippen LogP contribution in [0.1, 0.15) is 17.2 Å². The minimum atomic E-state index is -0.561. The van der Waals surface area contributed by atoms with E-state index in [2.05, 4.69) is 15.9 Å². The van der Waals surface area contributed by atoms with Gasteiger partial charge < -0.3 is 9.84 Å². The van der Waals surface area contributed by atoms with Crippen LogP contribution in [0.4, 0.5) is 10.1 Å². The molecule has 0 aromatic heterocycles. The van der Waals surface area contributed by atoms with E-state index in [1.165, 1.54) is 29.2 Å². The van der Waals surface area contributed by atoms with E-state index < -0.39 is 17.8 Å². The molecule has 4 rings (SSSR count). The molecule has 0 radical (unpaired) electrons. The Bertz CT molecular complexity index is 1080. The molecule has 0 saturated heterocycles. The number of hydrogen-bond donors (Lipinski definition) is 1. The van der Waals surface area contributed by atoms with Gasteiger partial charge in [-0.15, -0.1) is 0 Å². The van der Waals surface area contributed by atoms with Crippen molar-refractivity contribution < 1.29 is 19.0 Å². The summed E-state index contributed by atoms with van der Waals surface area (Å²) in [4.78, 5) is 14.5. The molecule has 0 unspecified atom stereocenters. The molecule has 0 spiro atoms. The maximum Gasteiger partial charge on any atom is 0.294 e. The monoisotopic (exact) mass is 453 g/mol. The molecule has 1 atom stereocenters. The van der Waals surface area contributed by atoms with Crippen molar-refractivity contribution in [3.8, 4) is 5.75 Å². The zero-order valence-corrected chi connectivity index (χ0v) is 17.1. The molecule has 1 heterocycles. The van der Waals surface area contributed by atoms with Crippen LogP contribution in [0.5, 0.6) is 5.75 Å². The van der Waals surface area contributed by atoms with E-state index in [4.69, 9.17) is 4.74 Å². The average molecular weight is 454 g/mol. The third-order valence-electron chi connectivity index (χ3n) is 4.90. The van der Waals surface area contributed by atoms with Gasteiger partial charge in [-0.05, 0) is 59.7 Å². The molecule has 1 N–H and O–H groups in total. The van der Waals surface area contributed by atoms with Crippen molar-refractivity contribution in [2.24, 2.45) is 0 Å². The molecule has 3 aromatic rings. The third-order valence-corrected chi connectivity index (χ3v) is 5.43. The minimum absolute atomic E-state index is 0.326. The maximum atomic E-state index is 13.4. The Morgan fingerprint density at radius 3 is 2.17 bits per heavy atom. The molecule has 0 bridgehead atoms. The number of halogens is 2. The number of benzene rings is 3. The minimum Gasteiger partial charge on any atom is -0.503 e. The van der Waals surface area contributed by atoms with Gasteiger partial charge in [-0.3, -0.25) is 9.69 Å². The summed E-state index contributed by atoms with van der Waals surface area (Å²) in [6, 6.07) is 19.8. The van der Waals surface area contributed by atoms with Gasteiger partial charge in [-0.1, -0.05) is 40.2 Å². The lowest BCUT2D eigenvalue weighted by Gasteiger charge is -2.27. The van der Waals surface area contributed by atoms with Gasteiger partial charge in [-0.25, -0.2) is 4.39 Å². The standard InChI is InChI=1S/C23H17BrFNO3/c1-29-19-12-4-14(5-13-19)20-21(15-2-6-16(24)7-3-15)26(23(28)22(20)27)18-10-8-17(25)9-11-18/h2-13,21,27H,1H3/t21-/m0/s1. The molecule has 4 nitrogen and oxygen atoms in total. The van der Waals surface area contributed by atoms with Gasteiger partial charge in [0.05, 0.1) is 13.2 Å². The van der Waals surface area contributed by atoms with Crippen LogP contribution in [0.3, 0.4) is 0 Å². The molecule has 1 amide bonds. The summed E-state index contributed by atoms with van der Waals surface area (Å²) in [6.45, 7) is 0. The first-order valence-corrected chi connectivity index (χ1v) is 9.71. The first-order chi connectivity index (χ1) is 14.0. The Morgan fingerprint density at radius 1 is 0.966 bits per heavy atom. The normalized spacial score (nSPS) is 16.4. The Morgan fingerprint density at radius 2 is 1.59 bits per heavy atom. The summed E-state index contributed by atoms with van der Waals surface area (Å²) in [5.41, 5.74) is 2.51. The van der Waals surface area contributed by atoms with E-state index in [1.807, 2.05) is 24.3 Å². The highest BCUT2D eigenvalue weighted by molar-refractivity contribution is 9.10. The van der Waals surface area contributed by atoms with E-state index in [0.717, 1.165) is 10.0 Å². The van der Waals surface area contributed by atoms with Gasteiger partial charge in [0, 0.05) is 15.7 Å². The number of nitrogens with zero attached hydrogens (tertiary/aromatic N) is 1. The number of carbonyl (C=O) groups excluding carboxylic acids is 1. The van der Waals surface area contributed by atoms with Crippen LogP contribution in [0.2, 0.25) is 0 Å². The fraction of sp³-hybridized carbons (Fsp3) is 0.0870. The van der Waals surface area contributed by atoms with Gasteiger partial charge in [0.15, 0.2) is 5.76 Å². The summed E-state index contributed by atoms with van der Waals surface area (Å²) in [5, 5.41) is 10.8. The van der Waals surface area contributed by atoms with Crippen molar-refractivity contribution in [2.45, 2.75) is 6.04 Å². The van der Waals surface area contributed by atoms with E-state index in [0.29, 0.717) is 22.6 Å². The third kappa shape index (κ3) is 3.51. The van der Waals surface area contributed by atoms with Gasteiger partial charge in [0.2, 0.25) is 0 Å². The van der Waals surface area contributed by atoms with Crippen molar-refractivity contribution >= 4 is 33.1 Å². The molecule has 0 saturated carbocycles. The van der Waals surface area contributed by atoms with E-state index >= 15 is 0 Å². The number of amides is 1. The van der Waals surface area contributed by atoms with Gasteiger partial charge in [-0.2, -0.15) is 0 Å². The largest absolute Gasteiger partial charge is 0.503 e. The number of methoxy groups -OCH3 is 1. The SMILES string of the molecule is COc1ccc(C2=C(O)C(=O)N(c3ccc(F)cc3)[C@H]2c2ccc(Br)cc2)cc1. The zero-order chi connectivity index (χ0) is 20.5. The van der Waals surface area contributed by atoms with Gasteiger partial charge in [0.1, 0.15) is 11.6 Å². The van der Waals surface area contributed by atoms with Crippen molar-refractivity contribution in [2.75, 3.05) is 12.0 Å². The van der Waals surface area contributed by atoms with Crippen LogP contribution in [0, 0.1) is 5.82 Å². The molecular weight excluding hydrogens is 437 g/mol. The predicted octanol–water partition coefficient (Wildman–Crippen LogP) is 5.65. The van der Waals surface area contributed by atoms with Crippen LogP contribution in [-0.2, 0) is 4.79 Å². The van der Waals surface area contributed by atoms with Crippen molar-refractivity contribution in [3.05, 3.63) is 100.0 Å². The average Bonchev–Trinajstić information content (AvgIpc) is 3.00. The van der Waals surface area contributed by atoms with Crippen molar-refractivity contribution in [1.29, 1.82) is 0 Å². The Balaban J connectivity index is 1.87. The molecule has 6 heteroatoms. The second kappa shape index (κ2) is 7.72. The first kappa shape index (κ1) is 19.2. The van der Waals surface area contributed by atoms with Crippen LogP contribution in [0.25, 0.3) is 5.57 Å². The Hall–Kier alpha value is -3.12. The predicted molar refractivity (Wildman–Crippen MR) is 113 cm³/mol. The number of rotatable bonds is 4. The van der Waals surface area contributed by atoms with Crippen LogP contribution < -0.4 is 9.64 Å². The Labute approximate surface area is 176 Å². The fourth-order valence-electron chi connectivity index (χ4n) is 3.50. The first-order valence-electron chi connectivity index (χ1n) is 8.91. The Kier molecular flexibility index (Phi) is 5.11. The highest BCUT2D eigenvalue weighted by Crippen LogP contribution is 2.45. The smallest absolute Gasteiger partial charge is 0.294 e.